The topological polar surface area (TPSA) is 61.6 Å². The van der Waals surface area contributed by atoms with Gasteiger partial charge in [0.2, 0.25) is 0 Å². The van der Waals surface area contributed by atoms with E-state index < -0.39 is 9.37 Å². The van der Waals surface area contributed by atoms with Gasteiger partial charge in [-0.25, -0.2) is 0 Å². The van der Waals surface area contributed by atoms with Crippen molar-refractivity contribution in [1.29, 1.82) is 0 Å². The van der Waals surface area contributed by atoms with E-state index in [1.165, 1.54) is 0 Å². The van der Waals surface area contributed by atoms with Crippen LogP contribution >= 0.6 is 15.9 Å². The minimum Gasteiger partial charge on any atom is -0.344 e. The van der Waals surface area contributed by atoms with Crippen molar-refractivity contribution in [3.8, 4) is 0 Å². The van der Waals surface area contributed by atoms with Crippen LogP contribution in [0.5, 0.6) is 0 Å². The molecule has 0 radical (unpaired) electrons. The van der Waals surface area contributed by atoms with Gasteiger partial charge in [0, 0.05) is 26.8 Å². The van der Waals surface area contributed by atoms with E-state index in [0.29, 0.717) is 0 Å². The maximum absolute atomic E-state index is 10.6. The lowest BCUT2D eigenvalue weighted by Gasteiger charge is -2.31. The molecule has 0 saturated carbocycles. The van der Waals surface area contributed by atoms with E-state index in [1.54, 1.807) is 0 Å². The molecule has 0 aromatic carbocycles. The van der Waals surface area contributed by atoms with Crippen LogP contribution in [0, 0.1) is 16.0 Å². The molecule has 1 aliphatic rings. The monoisotopic (exact) mass is 253 g/mol. The van der Waals surface area contributed by atoms with Gasteiger partial charge in [0.25, 0.3) is 0 Å². The summed E-state index contributed by atoms with van der Waals surface area (Å²) in [6.07, 6.45) is -0.328. The molecule has 0 N–H and O–H groups in total. The van der Waals surface area contributed by atoms with Gasteiger partial charge in [-0.15, -0.1) is 0 Å². The van der Waals surface area contributed by atoms with Crippen LogP contribution in [-0.2, 0) is 9.47 Å². The summed E-state index contributed by atoms with van der Waals surface area (Å²) in [6.45, 7) is 3.97. The third-order valence-corrected chi connectivity index (χ3v) is 2.56. The van der Waals surface area contributed by atoms with E-state index in [2.05, 4.69) is 15.9 Å². The van der Waals surface area contributed by atoms with Crippen molar-refractivity contribution in [2.45, 2.75) is 24.6 Å². The molecule has 76 valence electrons. The smallest absolute Gasteiger partial charge is 0.320 e. The fourth-order valence-electron chi connectivity index (χ4n) is 1.000. The third kappa shape index (κ3) is 2.38. The summed E-state index contributed by atoms with van der Waals surface area (Å²) >= 11 is 2.99. The van der Waals surface area contributed by atoms with Crippen LogP contribution in [-0.4, -0.2) is 28.9 Å². The van der Waals surface area contributed by atoms with E-state index in [0.717, 1.165) is 0 Å². The second kappa shape index (κ2) is 3.89. The molecule has 0 atom stereocenters. The van der Waals surface area contributed by atoms with Crippen LogP contribution in [0.25, 0.3) is 0 Å². The normalized spacial score (nSPS) is 34.9. The molecular weight excluding hydrogens is 242 g/mol. The summed E-state index contributed by atoms with van der Waals surface area (Å²) in [5.74, 6) is 0.212. The summed E-state index contributed by atoms with van der Waals surface area (Å²) in [7, 11) is 0. The van der Waals surface area contributed by atoms with Crippen molar-refractivity contribution in [1.82, 2.24) is 0 Å². The molecule has 0 amide bonds. The highest BCUT2D eigenvalue weighted by Gasteiger charge is 2.46. The Balaban J connectivity index is 2.51. The molecule has 0 bridgehead atoms. The summed E-state index contributed by atoms with van der Waals surface area (Å²) in [6, 6.07) is 0. The van der Waals surface area contributed by atoms with Gasteiger partial charge >= 0.3 is 4.45 Å². The molecule has 1 fully saturated rings. The third-order valence-electron chi connectivity index (χ3n) is 1.81. The number of hydrogen-bond donors (Lipinski definition) is 0. The van der Waals surface area contributed by atoms with Crippen molar-refractivity contribution >= 4 is 15.9 Å². The van der Waals surface area contributed by atoms with Crippen molar-refractivity contribution in [2.24, 2.45) is 5.92 Å². The van der Waals surface area contributed by atoms with E-state index in [1.807, 2.05) is 13.8 Å². The van der Waals surface area contributed by atoms with Crippen molar-refractivity contribution in [3.05, 3.63) is 10.1 Å². The number of hydrogen-bond acceptors (Lipinski definition) is 4. The first kappa shape index (κ1) is 10.9. The first-order valence-electron chi connectivity index (χ1n) is 4.02. The highest BCUT2D eigenvalue weighted by atomic mass is 79.9. The SMILES string of the molecule is CC(C)C1OCC(Br)([N+](=O)[O-])CO1. The molecular formula is C7H12BrNO4. The van der Waals surface area contributed by atoms with Crippen molar-refractivity contribution < 1.29 is 14.4 Å². The van der Waals surface area contributed by atoms with Crippen LogP contribution in [0.2, 0.25) is 0 Å². The predicted molar refractivity (Wildman–Crippen MR) is 49.2 cm³/mol. The Labute approximate surface area is 84.7 Å². The van der Waals surface area contributed by atoms with Gasteiger partial charge in [-0.1, -0.05) is 13.8 Å². The van der Waals surface area contributed by atoms with Crippen LogP contribution in [0.3, 0.4) is 0 Å². The molecule has 0 aliphatic carbocycles. The fourth-order valence-corrected chi connectivity index (χ4v) is 1.26. The summed E-state index contributed by atoms with van der Waals surface area (Å²) in [5.41, 5.74) is 0. The molecule has 1 saturated heterocycles. The van der Waals surface area contributed by atoms with Gasteiger partial charge in [-0.05, 0) is 0 Å². The minimum atomic E-state index is -1.27. The van der Waals surface area contributed by atoms with Crippen LogP contribution in [0.1, 0.15) is 13.8 Å². The average molecular weight is 254 g/mol. The zero-order valence-corrected chi connectivity index (χ0v) is 9.11. The summed E-state index contributed by atoms with van der Waals surface area (Å²) in [4.78, 5) is 10.1. The summed E-state index contributed by atoms with van der Waals surface area (Å²) < 4.78 is 9.15. The predicted octanol–water partition coefficient (Wildman–Crippen LogP) is 1.38. The molecule has 0 aromatic rings. The minimum absolute atomic E-state index is 0.0445. The standard InChI is InChI=1S/C7H12BrNO4/c1-5(2)6-12-3-7(8,4-13-6)9(10)11/h5-6H,3-4H2,1-2H3. The lowest BCUT2D eigenvalue weighted by atomic mass is 10.2. The Morgan fingerprint density at radius 1 is 1.54 bits per heavy atom. The Kier molecular flexibility index (Phi) is 3.26. The molecule has 1 rings (SSSR count). The van der Waals surface area contributed by atoms with E-state index in [-0.39, 0.29) is 25.4 Å². The second-order valence-electron chi connectivity index (χ2n) is 3.41. The van der Waals surface area contributed by atoms with Crippen LogP contribution in [0.15, 0.2) is 0 Å². The number of halogens is 1. The van der Waals surface area contributed by atoms with Gasteiger partial charge in [-0.3, -0.25) is 10.1 Å². The van der Waals surface area contributed by atoms with E-state index >= 15 is 0 Å². The maximum atomic E-state index is 10.6. The van der Waals surface area contributed by atoms with Crippen molar-refractivity contribution in [2.75, 3.05) is 13.2 Å². The van der Waals surface area contributed by atoms with Gasteiger partial charge in [0.05, 0.1) is 0 Å². The number of rotatable bonds is 2. The zero-order chi connectivity index (χ0) is 10.1. The first-order chi connectivity index (χ1) is 5.96. The van der Waals surface area contributed by atoms with Gasteiger partial charge < -0.3 is 9.47 Å². The lowest BCUT2D eigenvalue weighted by molar-refractivity contribution is -0.557. The number of ether oxygens (including phenoxy) is 2. The molecule has 1 heterocycles. The molecule has 0 unspecified atom stereocenters. The quantitative estimate of drug-likeness (QED) is 0.323. The molecule has 13 heavy (non-hydrogen) atoms. The van der Waals surface area contributed by atoms with Gasteiger partial charge in [0.15, 0.2) is 6.29 Å². The van der Waals surface area contributed by atoms with E-state index in [4.69, 9.17) is 9.47 Å². The fraction of sp³-hybridized carbons (Fsp3) is 1.00. The molecule has 6 heteroatoms. The zero-order valence-electron chi connectivity index (χ0n) is 7.53. The largest absolute Gasteiger partial charge is 0.344 e. The molecule has 0 aromatic heterocycles. The molecule has 0 spiro atoms. The number of nitro groups is 1. The molecule has 5 nitrogen and oxygen atoms in total. The van der Waals surface area contributed by atoms with Crippen LogP contribution in [0.4, 0.5) is 0 Å². The van der Waals surface area contributed by atoms with E-state index in [9.17, 15) is 10.1 Å². The number of alkyl halides is 1. The molecule has 1 aliphatic heterocycles. The van der Waals surface area contributed by atoms with Crippen LogP contribution < -0.4 is 0 Å². The Hall–Kier alpha value is -0.200. The second-order valence-corrected chi connectivity index (χ2v) is 4.89. The summed E-state index contributed by atoms with van der Waals surface area (Å²) in [5, 5.41) is 10.6. The maximum Gasteiger partial charge on any atom is 0.320 e. The highest BCUT2D eigenvalue weighted by molar-refractivity contribution is 9.10. The highest BCUT2D eigenvalue weighted by Crippen LogP contribution is 2.27. The van der Waals surface area contributed by atoms with Crippen molar-refractivity contribution in [3.63, 3.8) is 0 Å². The Morgan fingerprint density at radius 2 is 2.00 bits per heavy atom. The first-order valence-corrected chi connectivity index (χ1v) is 4.81. The van der Waals surface area contributed by atoms with Gasteiger partial charge in [0.1, 0.15) is 13.2 Å². The Morgan fingerprint density at radius 3 is 2.31 bits per heavy atom. The number of nitrogens with zero attached hydrogens (tertiary/aromatic N) is 1. The van der Waals surface area contributed by atoms with Gasteiger partial charge in [-0.2, -0.15) is 0 Å². The lowest BCUT2D eigenvalue weighted by Crippen LogP contribution is -2.49. The Bertz CT molecular complexity index is 201. The average Bonchev–Trinajstić information content (AvgIpc) is 2.04.